The minimum absolute atomic E-state index is 0.468. The highest BCUT2D eigenvalue weighted by atomic mass is 35.5. The van der Waals surface area contributed by atoms with Gasteiger partial charge in [0, 0.05) is 11.1 Å². The highest BCUT2D eigenvalue weighted by molar-refractivity contribution is 6.31. The summed E-state index contributed by atoms with van der Waals surface area (Å²) in [4.78, 5) is 0. The number of rotatable bonds is 5. The van der Waals surface area contributed by atoms with Crippen molar-refractivity contribution >= 4 is 11.6 Å². The molecule has 1 N–H and O–H groups in total. The monoisotopic (exact) mass is 293 g/mol. The van der Waals surface area contributed by atoms with Crippen molar-refractivity contribution in [1.29, 1.82) is 0 Å². The maximum atomic E-state index is 6.31. The van der Waals surface area contributed by atoms with Crippen LogP contribution in [0.25, 0.3) is 0 Å². The van der Waals surface area contributed by atoms with Gasteiger partial charge in [-0.25, -0.2) is 0 Å². The van der Waals surface area contributed by atoms with Gasteiger partial charge in [0.2, 0.25) is 0 Å². The molecule has 0 heterocycles. The van der Waals surface area contributed by atoms with E-state index in [1.54, 1.807) is 0 Å². The molecule has 0 bridgehead atoms. The van der Waals surface area contributed by atoms with E-state index in [0.29, 0.717) is 6.04 Å². The molecule has 1 unspecified atom stereocenters. The number of hydrogen-bond acceptors (Lipinski definition) is 1. The minimum atomic E-state index is 0.468. The Hall–Kier alpha value is -0.530. The van der Waals surface area contributed by atoms with E-state index >= 15 is 0 Å². The van der Waals surface area contributed by atoms with Gasteiger partial charge in [-0.2, -0.15) is 0 Å². The number of halogens is 1. The first-order valence-electron chi connectivity index (χ1n) is 8.15. The normalized spacial score (nSPS) is 24.6. The van der Waals surface area contributed by atoms with Crippen molar-refractivity contribution in [3.8, 4) is 0 Å². The molecule has 1 aliphatic rings. The second-order valence-corrected chi connectivity index (χ2v) is 6.64. The second kappa shape index (κ2) is 7.47. The quantitative estimate of drug-likeness (QED) is 0.754. The van der Waals surface area contributed by atoms with E-state index in [9.17, 15) is 0 Å². The molecule has 2 heteroatoms. The molecule has 1 aliphatic carbocycles. The fourth-order valence-corrected chi connectivity index (χ4v) is 3.70. The summed E-state index contributed by atoms with van der Waals surface area (Å²) in [5.74, 6) is 1.71. The molecule has 0 amide bonds. The van der Waals surface area contributed by atoms with E-state index in [1.807, 2.05) is 0 Å². The molecule has 1 aromatic rings. The van der Waals surface area contributed by atoms with Crippen LogP contribution in [0.3, 0.4) is 0 Å². The highest BCUT2D eigenvalue weighted by Gasteiger charge is 2.27. The van der Waals surface area contributed by atoms with Crippen molar-refractivity contribution < 1.29 is 0 Å². The number of hydrogen-bond donors (Lipinski definition) is 1. The average Bonchev–Trinajstić information content (AvgIpc) is 2.48. The first kappa shape index (κ1) is 15.9. The molecule has 1 atom stereocenters. The van der Waals surface area contributed by atoms with E-state index < -0.39 is 0 Å². The van der Waals surface area contributed by atoms with Crippen LogP contribution in [0.4, 0.5) is 0 Å². The summed E-state index contributed by atoms with van der Waals surface area (Å²) >= 11 is 6.31. The maximum absolute atomic E-state index is 6.31. The van der Waals surface area contributed by atoms with Gasteiger partial charge >= 0.3 is 0 Å². The van der Waals surface area contributed by atoms with Crippen molar-refractivity contribution in [1.82, 2.24) is 5.32 Å². The summed E-state index contributed by atoms with van der Waals surface area (Å²) < 4.78 is 0. The van der Waals surface area contributed by atoms with Gasteiger partial charge in [0.05, 0.1) is 0 Å². The summed E-state index contributed by atoms with van der Waals surface area (Å²) in [5, 5.41) is 4.59. The number of nitrogens with one attached hydrogen (secondary N) is 1. The Labute approximate surface area is 129 Å². The van der Waals surface area contributed by atoms with Crippen LogP contribution in [-0.2, 0) is 0 Å². The van der Waals surface area contributed by atoms with E-state index in [0.717, 1.165) is 23.4 Å². The lowest BCUT2D eigenvalue weighted by molar-refractivity contribution is 0.220. The second-order valence-electron chi connectivity index (χ2n) is 6.23. The Balaban J connectivity index is 2.12. The van der Waals surface area contributed by atoms with Gasteiger partial charge in [0.25, 0.3) is 0 Å². The molecule has 0 aromatic heterocycles. The van der Waals surface area contributed by atoms with Crippen molar-refractivity contribution in [2.24, 2.45) is 11.8 Å². The molecule has 0 aliphatic heterocycles. The molecule has 1 saturated carbocycles. The molecule has 1 nitrogen and oxygen atoms in total. The molecule has 0 saturated heterocycles. The van der Waals surface area contributed by atoms with Crippen LogP contribution in [0.5, 0.6) is 0 Å². The molecular formula is C18H28ClN. The Bertz CT molecular complexity index is 421. The predicted octanol–water partition coefficient (Wildman–Crippen LogP) is 5.52. The van der Waals surface area contributed by atoms with Crippen LogP contribution in [0, 0.1) is 18.8 Å². The Morgan fingerprint density at radius 3 is 2.45 bits per heavy atom. The molecule has 2 rings (SSSR count). The van der Waals surface area contributed by atoms with Gasteiger partial charge in [0.15, 0.2) is 0 Å². The lowest BCUT2D eigenvalue weighted by Gasteiger charge is -2.34. The fourth-order valence-electron chi connectivity index (χ4n) is 3.51. The van der Waals surface area contributed by atoms with Crippen molar-refractivity contribution in [3.05, 3.63) is 34.3 Å². The molecule has 112 valence electrons. The SMILES string of the molecule is CCNC(c1ccc(C)c(Cl)c1)C1CCC(CC)CC1. The average molecular weight is 294 g/mol. The zero-order valence-corrected chi connectivity index (χ0v) is 13.8. The van der Waals surface area contributed by atoms with Crippen molar-refractivity contribution in [2.45, 2.75) is 58.9 Å². The van der Waals surface area contributed by atoms with Crippen molar-refractivity contribution in [3.63, 3.8) is 0 Å². The van der Waals surface area contributed by atoms with Crippen LogP contribution < -0.4 is 5.32 Å². The van der Waals surface area contributed by atoms with Crippen LogP contribution in [0.1, 0.15) is 63.1 Å². The van der Waals surface area contributed by atoms with Gasteiger partial charge in [-0.05, 0) is 55.3 Å². The standard InChI is InChI=1S/C18H28ClN/c1-4-14-7-10-15(11-8-14)18(20-5-2)16-9-6-13(3)17(19)12-16/h6,9,12,14-15,18,20H,4-5,7-8,10-11H2,1-3H3. The molecular weight excluding hydrogens is 266 g/mol. The van der Waals surface area contributed by atoms with Gasteiger partial charge in [-0.1, -0.05) is 56.8 Å². The molecule has 1 fully saturated rings. The molecule has 1 aromatic carbocycles. The first-order valence-corrected chi connectivity index (χ1v) is 8.52. The van der Waals surface area contributed by atoms with E-state index in [2.05, 4.69) is 44.3 Å². The summed E-state index contributed by atoms with van der Waals surface area (Å²) in [6, 6.07) is 7.03. The largest absolute Gasteiger partial charge is 0.310 e. The summed E-state index contributed by atoms with van der Waals surface area (Å²) in [7, 11) is 0. The minimum Gasteiger partial charge on any atom is -0.310 e. The maximum Gasteiger partial charge on any atom is 0.0438 e. The first-order chi connectivity index (χ1) is 9.65. The van der Waals surface area contributed by atoms with E-state index in [-0.39, 0.29) is 0 Å². The van der Waals surface area contributed by atoms with Gasteiger partial charge in [-0.3, -0.25) is 0 Å². The zero-order chi connectivity index (χ0) is 14.5. The predicted molar refractivity (Wildman–Crippen MR) is 88.3 cm³/mol. The molecule has 20 heavy (non-hydrogen) atoms. The third-order valence-corrected chi connectivity index (χ3v) is 5.33. The van der Waals surface area contributed by atoms with E-state index in [4.69, 9.17) is 11.6 Å². The van der Waals surface area contributed by atoms with Gasteiger partial charge < -0.3 is 5.32 Å². The zero-order valence-electron chi connectivity index (χ0n) is 13.1. The number of aryl methyl sites for hydroxylation is 1. The van der Waals surface area contributed by atoms with Crippen LogP contribution in [0.15, 0.2) is 18.2 Å². The van der Waals surface area contributed by atoms with Crippen LogP contribution in [-0.4, -0.2) is 6.54 Å². The highest BCUT2D eigenvalue weighted by Crippen LogP contribution is 2.38. The van der Waals surface area contributed by atoms with E-state index in [1.165, 1.54) is 43.2 Å². The Morgan fingerprint density at radius 1 is 1.20 bits per heavy atom. The fraction of sp³-hybridized carbons (Fsp3) is 0.667. The van der Waals surface area contributed by atoms with Crippen LogP contribution >= 0.6 is 11.6 Å². The Morgan fingerprint density at radius 2 is 1.90 bits per heavy atom. The smallest absolute Gasteiger partial charge is 0.0438 e. The third kappa shape index (κ3) is 3.77. The Kier molecular flexibility index (Phi) is 5.92. The lowest BCUT2D eigenvalue weighted by Crippen LogP contribution is -2.31. The molecule has 0 radical (unpaired) electrons. The van der Waals surface area contributed by atoms with Crippen LogP contribution in [0.2, 0.25) is 5.02 Å². The summed E-state index contributed by atoms with van der Waals surface area (Å²) in [6.45, 7) is 7.61. The van der Waals surface area contributed by atoms with Gasteiger partial charge in [0.1, 0.15) is 0 Å². The number of benzene rings is 1. The van der Waals surface area contributed by atoms with Crippen molar-refractivity contribution in [2.75, 3.05) is 6.54 Å². The third-order valence-electron chi connectivity index (χ3n) is 4.92. The molecule has 0 spiro atoms. The summed E-state index contributed by atoms with van der Waals surface area (Å²) in [5.41, 5.74) is 2.53. The van der Waals surface area contributed by atoms with Gasteiger partial charge in [-0.15, -0.1) is 0 Å². The lowest BCUT2D eigenvalue weighted by atomic mass is 9.76. The summed E-state index contributed by atoms with van der Waals surface area (Å²) in [6.07, 6.45) is 6.82. The topological polar surface area (TPSA) is 12.0 Å².